The molecule has 23 heavy (non-hydrogen) atoms. The zero-order valence-corrected chi connectivity index (χ0v) is 13.1. The van der Waals surface area contributed by atoms with E-state index in [4.69, 9.17) is 4.74 Å². The van der Waals surface area contributed by atoms with Crippen LogP contribution in [0.2, 0.25) is 0 Å². The van der Waals surface area contributed by atoms with E-state index in [2.05, 4.69) is 4.98 Å². The molecule has 3 rings (SSSR count). The number of rotatable bonds is 4. The summed E-state index contributed by atoms with van der Waals surface area (Å²) in [6.45, 7) is 3.09. The van der Waals surface area contributed by atoms with Gasteiger partial charge in [0, 0.05) is 30.8 Å². The Kier molecular flexibility index (Phi) is 4.57. The first-order valence-corrected chi connectivity index (χ1v) is 7.79. The minimum absolute atomic E-state index is 0.000998. The number of ether oxygens (including phenoxy) is 1. The zero-order chi connectivity index (χ0) is 16.2. The van der Waals surface area contributed by atoms with Gasteiger partial charge in [0.1, 0.15) is 11.5 Å². The van der Waals surface area contributed by atoms with Crippen molar-refractivity contribution in [3.8, 4) is 11.5 Å². The van der Waals surface area contributed by atoms with Crippen molar-refractivity contribution in [3.63, 3.8) is 0 Å². The third-order valence-electron chi connectivity index (χ3n) is 4.17. The molecule has 0 bridgehead atoms. The number of aliphatic hydroxyl groups is 1. The molecule has 0 radical (unpaired) electrons. The molecule has 0 saturated carbocycles. The van der Waals surface area contributed by atoms with Gasteiger partial charge in [-0.05, 0) is 49.7 Å². The topological polar surface area (TPSA) is 62.7 Å². The summed E-state index contributed by atoms with van der Waals surface area (Å²) in [5.74, 6) is 1.50. The molecular weight excluding hydrogens is 292 g/mol. The number of amides is 1. The summed E-state index contributed by atoms with van der Waals surface area (Å²) in [4.78, 5) is 18.3. The van der Waals surface area contributed by atoms with Crippen LogP contribution in [0.25, 0.3) is 0 Å². The van der Waals surface area contributed by atoms with Gasteiger partial charge in [0.05, 0.1) is 12.3 Å². The average molecular weight is 312 g/mol. The molecule has 1 aromatic heterocycles. The first-order valence-electron chi connectivity index (χ1n) is 7.79. The Morgan fingerprint density at radius 1 is 1.30 bits per heavy atom. The fourth-order valence-electron chi connectivity index (χ4n) is 2.76. The minimum atomic E-state index is -0.372. The maximum Gasteiger partial charge on any atom is 0.253 e. The summed E-state index contributed by atoms with van der Waals surface area (Å²) in [5.41, 5.74) is 0.634. The van der Waals surface area contributed by atoms with Gasteiger partial charge in [-0.1, -0.05) is 0 Å². The maximum absolute atomic E-state index is 12.5. The van der Waals surface area contributed by atoms with Gasteiger partial charge in [-0.3, -0.25) is 9.78 Å². The lowest BCUT2D eigenvalue weighted by Crippen LogP contribution is -2.30. The molecule has 1 aliphatic rings. The summed E-state index contributed by atoms with van der Waals surface area (Å²) < 4.78 is 5.67. The van der Waals surface area contributed by atoms with Crippen LogP contribution in [0.1, 0.15) is 23.7 Å². The van der Waals surface area contributed by atoms with Crippen molar-refractivity contribution in [2.75, 3.05) is 13.1 Å². The van der Waals surface area contributed by atoms with Crippen molar-refractivity contribution in [2.45, 2.75) is 19.4 Å². The predicted octanol–water partition coefficient (Wildman–Crippen LogP) is 2.72. The molecular formula is C18H20N2O3. The Hall–Kier alpha value is -2.40. The summed E-state index contributed by atoms with van der Waals surface area (Å²) >= 11 is 0. The molecule has 1 aliphatic heterocycles. The molecule has 1 fully saturated rings. The maximum atomic E-state index is 12.5. The second-order valence-electron chi connectivity index (χ2n) is 5.86. The second-order valence-corrected chi connectivity index (χ2v) is 5.86. The molecule has 1 N–H and O–H groups in total. The summed E-state index contributed by atoms with van der Waals surface area (Å²) in [6.07, 6.45) is 3.80. The van der Waals surface area contributed by atoms with Crippen molar-refractivity contribution < 1.29 is 14.6 Å². The van der Waals surface area contributed by atoms with Gasteiger partial charge in [0.15, 0.2) is 0 Å². The molecule has 1 amide bonds. The Labute approximate surface area is 135 Å². The average Bonchev–Trinajstić information content (AvgIpc) is 3.06. The van der Waals surface area contributed by atoms with E-state index in [1.54, 1.807) is 54.5 Å². The van der Waals surface area contributed by atoms with E-state index in [1.807, 2.05) is 6.07 Å². The van der Waals surface area contributed by atoms with Crippen LogP contribution in [0.15, 0.2) is 48.8 Å². The number of hydrogen-bond acceptors (Lipinski definition) is 4. The van der Waals surface area contributed by atoms with Gasteiger partial charge in [-0.2, -0.15) is 0 Å². The van der Waals surface area contributed by atoms with Crippen molar-refractivity contribution in [1.82, 2.24) is 9.88 Å². The molecule has 0 spiro atoms. The highest BCUT2D eigenvalue weighted by atomic mass is 16.5. The van der Waals surface area contributed by atoms with Crippen molar-refractivity contribution in [2.24, 2.45) is 5.92 Å². The molecule has 5 heteroatoms. The normalized spacial score (nSPS) is 18.7. The molecule has 0 aliphatic carbocycles. The van der Waals surface area contributed by atoms with Gasteiger partial charge in [-0.15, -0.1) is 0 Å². The fourth-order valence-corrected chi connectivity index (χ4v) is 2.76. The number of likely N-dealkylation sites (tertiary alicyclic amines) is 1. The molecule has 1 aromatic carbocycles. The van der Waals surface area contributed by atoms with Crippen molar-refractivity contribution in [1.29, 1.82) is 0 Å². The third-order valence-corrected chi connectivity index (χ3v) is 4.17. The quantitative estimate of drug-likeness (QED) is 0.943. The largest absolute Gasteiger partial charge is 0.456 e. The number of nitrogens with zero attached hydrogens (tertiary/aromatic N) is 2. The lowest BCUT2D eigenvalue weighted by molar-refractivity contribution is 0.0762. The number of pyridine rings is 1. The molecule has 2 unspecified atom stereocenters. The highest BCUT2D eigenvalue weighted by Gasteiger charge is 2.29. The van der Waals surface area contributed by atoms with Gasteiger partial charge in [-0.25, -0.2) is 0 Å². The predicted molar refractivity (Wildman–Crippen MR) is 86.4 cm³/mol. The highest BCUT2D eigenvalue weighted by Crippen LogP contribution is 2.24. The van der Waals surface area contributed by atoms with Crippen LogP contribution in [-0.2, 0) is 0 Å². The zero-order valence-electron chi connectivity index (χ0n) is 13.1. The van der Waals surface area contributed by atoms with Crippen molar-refractivity contribution in [3.05, 3.63) is 54.4 Å². The number of carbonyl (C=O) groups is 1. The number of hydrogen-bond donors (Lipinski definition) is 1. The molecule has 1 saturated heterocycles. The lowest BCUT2D eigenvalue weighted by atomic mass is 10.0. The number of carbonyl (C=O) groups excluding carboxylic acids is 1. The van der Waals surface area contributed by atoms with Gasteiger partial charge >= 0.3 is 0 Å². The van der Waals surface area contributed by atoms with Crippen LogP contribution >= 0.6 is 0 Å². The van der Waals surface area contributed by atoms with Gasteiger partial charge in [0.25, 0.3) is 5.91 Å². The van der Waals surface area contributed by atoms with Crippen LogP contribution in [-0.4, -0.2) is 40.1 Å². The molecule has 2 atom stereocenters. The smallest absolute Gasteiger partial charge is 0.253 e. The minimum Gasteiger partial charge on any atom is -0.456 e. The third kappa shape index (κ3) is 3.68. The molecule has 2 aromatic rings. The van der Waals surface area contributed by atoms with Crippen molar-refractivity contribution >= 4 is 5.91 Å². The number of aromatic nitrogens is 1. The van der Waals surface area contributed by atoms with Gasteiger partial charge < -0.3 is 14.7 Å². The van der Waals surface area contributed by atoms with Crippen LogP contribution < -0.4 is 4.74 Å². The summed E-state index contributed by atoms with van der Waals surface area (Å²) in [6, 6.07) is 10.7. The Balaban J connectivity index is 1.64. The van der Waals surface area contributed by atoms with E-state index in [0.29, 0.717) is 30.2 Å². The van der Waals surface area contributed by atoms with Gasteiger partial charge in [0.2, 0.25) is 0 Å². The Bertz CT molecular complexity index is 656. The van der Waals surface area contributed by atoms with E-state index in [9.17, 15) is 9.90 Å². The molecule has 5 nitrogen and oxygen atoms in total. The van der Waals surface area contributed by atoms with Crippen LogP contribution in [0, 0.1) is 5.92 Å². The first-order chi connectivity index (χ1) is 11.1. The van der Waals surface area contributed by atoms with E-state index in [1.165, 1.54) is 0 Å². The highest BCUT2D eigenvalue weighted by molar-refractivity contribution is 5.94. The standard InChI is InChI=1S/C18H20N2O3/c1-13(21)15-8-10-20(12-15)18(22)14-4-6-16(7-5-14)23-17-3-2-9-19-11-17/h2-7,9,11,13,15,21H,8,10,12H2,1H3. The lowest BCUT2D eigenvalue weighted by Gasteiger charge is -2.18. The SMILES string of the molecule is CC(O)C1CCN(C(=O)c2ccc(Oc3cccnc3)cc2)C1. The fraction of sp³-hybridized carbons (Fsp3) is 0.333. The monoisotopic (exact) mass is 312 g/mol. The van der Waals surface area contributed by atoms with Crippen LogP contribution in [0.4, 0.5) is 0 Å². The number of benzene rings is 1. The van der Waals surface area contributed by atoms with E-state index < -0.39 is 0 Å². The second kappa shape index (κ2) is 6.79. The van der Waals surface area contributed by atoms with E-state index >= 15 is 0 Å². The number of aliphatic hydroxyl groups excluding tert-OH is 1. The van der Waals surface area contributed by atoms with E-state index in [-0.39, 0.29) is 17.9 Å². The van der Waals surface area contributed by atoms with Crippen LogP contribution in [0.3, 0.4) is 0 Å². The Morgan fingerprint density at radius 2 is 2.09 bits per heavy atom. The summed E-state index contributed by atoms with van der Waals surface area (Å²) in [5, 5.41) is 9.64. The van der Waals surface area contributed by atoms with Crippen LogP contribution in [0.5, 0.6) is 11.5 Å². The first kappa shape index (κ1) is 15.5. The molecule has 120 valence electrons. The summed E-state index contributed by atoms with van der Waals surface area (Å²) in [7, 11) is 0. The van der Waals surface area contributed by atoms with E-state index in [0.717, 1.165) is 6.42 Å². The Morgan fingerprint density at radius 3 is 2.70 bits per heavy atom. The molecule has 2 heterocycles.